The third-order valence-electron chi connectivity index (χ3n) is 2.46. The average molecular weight is 236 g/mol. The summed E-state index contributed by atoms with van der Waals surface area (Å²) in [4.78, 5) is 22.9. The molecule has 92 valence electrons. The Labute approximate surface area is 101 Å². The number of carbonyl (C=O) groups excluding carboxylic acids is 2. The first-order valence-corrected chi connectivity index (χ1v) is 5.44. The molecule has 0 heterocycles. The lowest BCUT2D eigenvalue weighted by molar-refractivity contribution is -0.143. The molecule has 1 aromatic rings. The topological polar surface area (TPSA) is 52.6 Å². The van der Waals surface area contributed by atoms with Gasteiger partial charge in [-0.15, -0.1) is 0 Å². The van der Waals surface area contributed by atoms with E-state index in [1.807, 2.05) is 0 Å². The Bertz CT molecular complexity index is 394. The molecule has 0 spiro atoms. The van der Waals surface area contributed by atoms with Crippen LogP contribution < -0.4 is 9.47 Å². The van der Waals surface area contributed by atoms with E-state index in [0.717, 1.165) is 0 Å². The molecule has 0 aliphatic carbocycles. The number of ketones is 1. The van der Waals surface area contributed by atoms with Crippen LogP contribution in [0.3, 0.4) is 0 Å². The predicted octanol–water partition coefficient (Wildman–Crippen LogP) is 2.22. The smallest absolute Gasteiger partial charge is 0.321 e. The van der Waals surface area contributed by atoms with Gasteiger partial charge >= 0.3 is 5.97 Å². The van der Waals surface area contributed by atoms with Gasteiger partial charge in [-0.05, 0) is 37.6 Å². The molecule has 1 aromatic carbocycles. The first kappa shape index (κ1) is 13.2. The van der Waals surface area contributed by atoms with E-state index in [2.05, 4.69) is 0 Å². The van der Waals surface area contributed by atoms with Gasteiger partial charge in [0.25, 0.3) is 0 Å². The molecule has 0 saturated carbocycles. The monoisotopic (exact) mass is 236 g/mol. The molecule has 1 unspecified atom stereocenters. The molecule has 1 rings (SSSR count). The van der Waals surface area contributed by atoms with E-state index in [-0.39, 0.29) is 5.78 Å². The molecule has 0 aromatic heterocycles. The minimum Gasteiger partial charge on any atom is -0.497 e. The van der Waals surface area contributed by atoms with Gasteiger partial charge in [0.1, 0.15) is 23.2 Å². The zero-order chi connectivity index (χ0) is 12.8. The highest BCUT2D eigenvalue weighted by Gasteiger charge is 2.23. The number of methoxy groups -OCH3 is 1. The van der Waals surface area contributed by atoms with Crippen LogP contribution in [0.5, 0.6) is 11.5 Å². The highest BCUT2D eigenvalue weighted by Crippen LogP contribution is 2.18. The van der Waals surface area contributed by atoms with Crippen LogP contribution >= 0.6 is 0 Å². The number of esters is 1. The fourth-order valence-corrected chi connectivity index (χ4v) is 1.45. The lowest BCUT2D eigenvalue weighted by Gasteiger charge is -2.10. The summed E-state index contributed by atoms with van der Waals surface area (Å²) in [6.45, 7) is 3.17. The van der Waals surface area contributed by atoms with Gasteiger partial charge in [-0.25, -0.2) is 0 Å². The second kappa shape index (κ2) is 6.03. The molecule has 0 radical (unpaired) electrons. The number of carbonyl (C=O) groups is 2. The second-order valence-corrected chi connectivity index (χ2v) is 3.67. The molecule has 0 N–H and O–H groups in total. The van der Waals surface area contributed by atoms with Crippen molar-refractivity contribution >= 4 is 11.8 Å². The molecule has 4 nitrogen and oxygen atoms in total. The summed E-state index contributed by atoms with van der Waals surface area (Å²) in [6.07, 6.45) is 0.449. The van der Waals surface area contributed by atoms with Crippen LogP contribution in [-0.4, -0.2) is 18.9 Å². The quantitative estimate of drug-likeness (QED) is 0.447. The van der Waals surface area contributed by atoms with Gasteiger partial charge in [-0.1, -0.05) is 6.92 Å². The molecule has 0 fully saturated rings. The largest absolute Gasteiger partial charge is 0.497 e. The normalized spacial score (nSPS) is 11.7. The van der Waals surface area contributed by atoms with Crippen LogP contribution in [-0.2, 0) is 9.59 Å². The Hall–Kier alpha value is -1.84. The average Bonchev–Trinajstić information content (AvgIpc) is 2.30. The van der Waals surface area contributed by atoms with Crippen molar-refractivity contribution in [2.75, 3.05) is 7.11 Å². The van der Waals surface area contributed by atoms with Crippen molar-refractivity contribution < 1.29 is 19.1 Å². The summed E-state index contributed by atoms with van der Waals surface area (Å²) in [7, 11) is 1.56. The molecule has 4 heteroatoms. The fraction of sp³-hybridized carbons (Fsp3) is 0.385. The zero-order valence-electron chi connectivity index (χ0n) is 10.2. The molecular weight excluding hydrogens is 220 g/mol. The first-order chi connectivity index (χ1) is 8.08. The van der Waals surface area contributed by atoms with Gasteiger partial charge in [0.15, 0.2) is 0 Å². The van der Waals surface area contributed by atoms with Crippen molar-refractivity contribution in [3.63, 3.8) is 0 Å². The lowest BCUT2D eigenvalue weighted by atomic mass is 10.0. The molecule has 0 bridgehead atoms. The van der Waals surface area contributed by atoms with E-state index in [9.17, 15) is 9.59 Å². The van der Waals surface area contributed by atoms with Crippen LogP contribution in [0.4, 0.5) is 0 Å². The van der Waals surface area contributed by atoms with Crippen LogP contribution in [0.1, 0.15) is 20.3 Å². The third kappa shape index (κ3) is 3.59. The number of Topliss-reactive ketones (excluding diaryl/α,β-unsaturated/α-hetero) is 1. The summed E-state index contributed by atoms with van der Waals surface area (Å²) in [5.74, 6) is -0.271. The van der Waals surface area contributed by atoms with Crippen LogP contribution in [0.25, 0.3) is 0 Å². The molecule has 0 amide bonds. The van der Waals surface area contributed by atoms with Crippen molar-refractivity contribution in [3.05, 3.63) is 24.3 Å². The highest BCUT2D eigenvalue weighted by atomic mass is 16.5. The predicted molar refractivity (Wildman–Crippen MR) is 63.1 cm³/mol. The summed E-state index contributed by atoms with van der Waals surface area (Å²) in [6, 6.07) is 6.64. The van der Waals surface area contributed by atoms with E-state index in [0.29, 0.717) is 17.9 Å². The second-order valence-electron chi connectivity index (χ2n) is 3.67. The molecule has 0 aliphatic heterocycles. The van der Waals surface area contributed by atoms with Crippen molar-refractivity contribution in [2.45, 2.75) is 20.3 Å². The summed E-state index contributed by atoms with van der Waals surface area (Å²) >= 11 is 0. The first-order valence-electron chi connectivity index (χ1n) is 5.44. The number of hydrogen-bond donors (Lipinski definition) is 0. The number of hydrogen-bond acceptors (Lipinski definition) is 4. The van der Waals surface area contributed by atoms with Crippen LogP contribution in [0, 0.1) is 5.92 Å². The maximum absolute atomic E-state index is 11.7. The van der Waals surface area contributed by atoms with Gasteiger partial charge in [0.05, 0.1) is 7.11 Å². The summed E-state index contributed by atoms with van der Waals surface area (Å²) < 4.78 is 10.1. The molecule has 17 heavy (non-hydrogen) atoms. The summed E-state index contributed by atoms with van der Waals surface area (Å²) in [5.41, 5.74) is 0. The maximum atomic E-state index is 11.7. The van der Waals surface area contributed by atoms with Gasteiger partial charge in [-0.2, -0.15) is 0 Å². The number of rotatable bonds is 5. The Morgan fingerprint density at radius 1 is 1.18 bits per heavy atom. The Kier molecular flexibility index (Phi) is 4.69. The van der Waals surface area contributed by atoms with Gasteiger partial charge in [-0.3, -0.25) is 9.59 Å². The minimum absolute atomic E-state index is 0.175. The third-order valence-corrected chi connectivity index (χ3v) is 2.46. The molecule has 1 atom stereocenters. The van der Waals surface area contributed by atoms with E-state index < -0.39 is 11.9 Å². The van der Waals surface area contributed by atoms with E-state index >= 15 is 0 Å². The van der Waals surface area contributed by atoms with Gasteiger partial charge < -0.3 is 9.47 Å². The van der Waals surface area contributed by atoms with E-state index in [4.69, 9.17) is 9.47 Å². The maximum Gasteiger partial charge on any atom is 0.321 e. The Morgan fingerprint density at radius 3 is 2.12 bits per heavy atom. The van der Waals surface area contributed by atoms with E-state index in [1.54, 1.807) is 38.3 Å². The summed E-state index contributed by atoms with van der Waals surface area (Å²) in [5, 5.41) is 0. The number of ether oxygens (including phenoxy) is 2. The standard InChI is InChI=1S/C13H16O4/c1-4-12(9(2)14)13(15)17-11-7-5-10(16-3)6-8-11/h5-8,12H,4H2,1-3H3. The molecular formula is C13H16O4. The highest BCUT2D eigenvalue weighted by molar-refractivity contribution is 5.98. The van der Waals surface area contributed by atoms with Gasteiger partial charge in [0.2, 0.25) is 0 Å². The Morgan fingerprint density at radius 2 is 1.71 bits per heavy atom. The molecule has 0 aliphatic rings. The minimum atomic E-state index is -0.683. The fourth-order valence-electron chi connectivity index (χ4n) is 1.45. The van der Waals surface area contributed by atoms with Crippen molar-refractivity contribution in [1.82, 2.24) is 0 Å². The number of benzene rings is 1. The molecule has 0 saturated heterocycles. The van der Waals surface area contributed by atoms with Crippen LogP contribution in [0.15, 0.2) is 24.3 Å². The van der Waals surface area contributed by atoms with Gasteiger partial charge in [0, 0.05) is 0 Å². The van der Waals surface area contributed by atoms with Crippen LogP contribution in [0.2, 0.25) is 0 Å². The van der Waals surface area contributed by atoms with Crippen molar-refractivity contribution in [3.8, 4) is 11.5 Å². The lowest BCUT2D eigenvalue weighted by Crippen LogP contribution is -2.25. The van der Waals surface area contributed by atoms with Crippen molar-refractivity contribution in [1.29, 1.82) is 0 Å². The Balaban J connectivity index is 2.69. The SMILES string of the molecule is CCC(C(C)=O)C(=O)Oc1ccc(OC)cc1. The van der Waals surface area contributed by atoms with Crippen molar-refractivity contribution in [2.24, 2.45) is 5.92 Å². The van der Waals surface area contributed by atoms with E-state index in [1.165, 1.54) is 6.92 Å². The zero-order valence-corrected chi connectivity index (χ0v) is 10.2.